The molecule has 3 rings (SSSR count). The zero-order valence-corrected chi connectivity index (χ0v) is 16.5. The maximum Gasteiger partial charge on any atom is 0.258 e. The first-order valence-corrected chi connectivity index (χ1v) is 9.22. The first-order valence-electron chi connectivity index (χ1n) is 7.73. The van der Waals surface area contributed by atoms with Crippen molar-refractivity contribution in [3.8, 4) is 11.3 Å². The molecule has 7 heteroatoms. The highest BCUT2D eigenvalue weighted by Crippen LogP contribution is 2.25. The molecule has 2 aromatic carbocycles. The van der Waals surface area contributed by atoms with Gasteiger partial charge in [0.1, 0.15) is 18.1 Å². The quantitative estimate of drug-likeness (QED) is 0.388. The van der Waals surface area contributed by atoms with Gasteiger partial charge in [-0.1, -0.05) is 24.3 Å². The fraction of sp³-hybridized carbons (Fsp3) is 0.0526. The van der Waals surface area contributed by atoms with E-state index >= 15 is 0 Å². The van der Waals surface area contributed by atoms with Crippen LogP contribution >= 0.6 is 34.8 Å². The van der Waals surface area contributed by atoms with Crippen molar-refractivity contribution >= 4 is 51.5 Å². The predicted molar refractivity (Wildman–Crippen MR) is 113 cm³/mol. The van der Waals surface area contributed by atoms with E-state index in [0.717, 1.165) is 14.8 Å². The van der Waals surface area contributed by atoms with Gasteiger partial charge in [-0.2, -0.15) is 0 Å². The molecule has 0 aliphatic rings. The van der Waals surface area contributed by atoms with Gasteiger partial charge in [-0.05, 0) is 71.2 Å². The Balaban J connectivity index is 1.69. The van der Waals surface area contributed by atoms with Crippen molar-refractivity contribution in [3.63, 3.8) is 0 Å². The summed E-state index contributed by atoms with van der Waals surface area (Å²) in [6.45, 7) is -0.146. The Labute approximate surface area is 169 Å². The Morgan fingerprint density at radius 2 is 1.92 bits per heavy atom. The Hall–Kier alpha value is -2.23. The third-order valence-electron chi connectivity index (χ3n) is 3.57. The van der Waals surface area contributed by atoms with Crippen molar-refractivity contribution in [1.82, 2.24) is 5.32 Å². The van der Waals surface area contributed by atoms with Gasteiger partial charge in [-0.3, -0.25) is 10.1 Å². The number of thiocarbonyl (C=S) groups is 1. The summed E-state index contributed by atoms with van der Waals surface area (Å²) < 4.78 is 6.38. The van der Waals surface area contributed by atoms with Crippen molar-refractivity contribution < 1.29 is 14.3 Å². The Bertz CT molecular complexity index is 955. The zero-order valence-electron chi connectivity index (χ0n) is 13.5. The molecule has 0 aliphatic carbocycles. The lowest BCUT2D eigenvalue weighted by atomic mass is 10.1. The zero-order chi connectivity index (χ0) is 18.5. The molecule has 0 bridgehead atoms. The van der Waals surface area contributed by atoms with Gasteiger partial charge in [0.25, 0.3) is 5.91 Å². The number of nitrogens with one attached hydrogen (secondary N) is 2. The summed E-state index contributed by atoms with van der Waals surface area (Å²) in [7, 11) is 0. The van der Waals surface area contributed by atoms with Crippen LogP contribution in [0.5, 0.6) is 0 Å². The third-order valence-corrected chi connectivity index (χ3v) is 4.71. The molecule has 3 aromatic rings. The van der Waals surface area contributed by atoms with E-state index < -0.39 is 0 Å². The van der Waals surface area contributed by atoms with Crippen LogP contribution in [0.15, 0.2) is 65.1 Å². The number of carbonyl (C=O) groups excluding carboxylic acids is 1. The average Bonchev–Trinajstić information content (AvgIpc) is 3.11. The van der Waals surface area contributed by atoms with E-state index in [4.69, 9.17) is 21.7 Å². The molecule has 1 aromatic heterocycles. The second kappa shape index (κ2) is 8.43. The van der Waals surface area contributed by atoms with Crippen molar-refractivity contribution in [2.75, 3.05) is 5.32 Å². The average molecular weight is 478 g/mol. The molecule has 0 unspecified atom stereocenters. The lowest BCUT2D eigenvalue weighted by molar-refractivity contribution is 0.0977. The summed E-state index contributed by atoms with van der Waals surface area (Å²) in [6, 6.07) is 18.2. The number of hydrogen-bond acceptors (Lipinski definition) is 4. The van der Waals surface area contributed by atoms with E-state index in [2.05, 4.69) is 33.2 Å². The third kappa shape index (κ3) is 4.48. The standard InChI is InChI=1S/C19H15IN2O3S/c20-16-7-2-1-6-15(16)18(24)22-19(26)21-13-5-3-4-12(10-13)17-9-8-14(11-23)25-17/h1-10,23H,11H2,(H2,21,22,24,26). The Morgan fingerprint density at radius 3 is 2.65 bits per heavy atom. The number of furan rings is 1. The number of benzene rings is 2. The van der Waals surface area contributed by atoms with Crippen LogP contribution in [0, 0.1) is 3.57 Å². The molecule has 0 saturated heterocycles. The number of halogens is 1. The fourth-order valence-electron chi connectivity index (χ4n) is 2.35. The second-order valence-corrected chi connectivity index (χ2v) is 6.96. The summed E-state index contributed by atoms with van der Waals surface area (Å²) in [5.41, 5.74) is 2.12. The molecule has 0 spiro atoms. The summed E-state index contributed by atoms with van der Waals surface area (Å²) in [6.07, 6.45) is 0. The molecular weight excluding hydrogens is 463 g/mol. The first-order chi connectivity index (χ1) is 12.6. The summed E-state index contributed by atoms with van der Waals surface area (Å²) in [4.78, 5) is 12.3. The lowest BCUT2D eigenvalue weighted by Crippen LogP contribution is -2.34. The topological polar surface area (TPSA) is 74.5 Å². The van der Waals surface area contributed by atoms with Crippen molar-refractivity contribution in [2.45, 2.75) is 6.61 Å². The molecule has 0 fully saturated rings. The van der Waals surface area contributed by atoms with Gasteiger partial charge in [0, 0.05) is 14.8 Å². The summed E-state index contributed by atoms with van der Waals surface area (Å²) >= 11 is 7.35. The largest absolute Gasteiger partial charge is 0.459 e. The molecule has 132 valence electrons. The van der Waals surface area contributed by atoms with Crippen LogP contribution < -0.4 is 10.6 Å². The predicted octanol–water partition coefficient (Wildman–Crippen LogP) is 4.17. The monoisotopic (exact) mass is 478 g/mol. The fourth-order valence-corrected chi connectivity index (χ4v) is 3.19. The van der Waals surface area contributed by atoms with Gasteiger partial charge in [0.05, 0.1) is 5.56 Å². The lowest BCUT2D eigenvalue weighted by Gasteiger charge is -2.11. The molecule has 0 atom stereocenters. The number of rotatable bonds is 4. The van der Waals surface area contributed by atoms with Gasteiger partial charge >= 0.3 is 0 Å². The highest BCUT2D eigenvalue weighted by molar-refractivity contribution is 14.1. The van der Waals surface area contributed by atoms with E-state index in [1.54, 1.807) is 24.3 Å². The van der Waals surface area contributed by atoms with Crippen LogP contribution in [0.4, 0.5) is 5.69 Å². The van der Waals surface area contributed by atoms with Gasteiger partial charge in [-0.15, -0.1) is 0 Å². The number of aliphatic hydroxyl groups is 1. The van der Waals surface area contributed by atoms with E-state index in [1.165, 1.54) is 0 Å². The number of carbonyl (C=O) groups is 1. The van der Waals surface area contributed by atoms with Crippen molar-refractivity contribution in [1.29, 1.82) is 0 Å². The first kappa shape index (κ1) is 18.6. The maximum absolute atomic E-state index is 12.3. The van der Waals surface area contributed by atoms with Crippen molar-refractivity contribution in [2.24, 2.45) is 0 Å². The van der Waals surface area contributed by atoms with E-state index in [-0.39, 0.29) is 17.6 Å². The van der Waals surface area contributed by atoms with Crippen LogP contribution in [-0.4, -0.2) is 16.1 Å². The Kier molecular flexibility index (Phi) is 6.02. The second-order valence-electron chi connectivity index (χ2n) is 5.39. The number of amides is 1. The maximum atomic E-state index is 12.3. The highest BCUT2D eigenvalue weighted by atomic mass is 127. The Morgan fingerprint density at radius 1 is 1.12 bits per heavy atom. The van der Waals surface area contributed by atoms with Crippen LogP contribution in [0.2, 0.25) is 0 Å². The smallest absolute Gasteiger partial charge is 0.258 e. The molecule has 1 heterocycles. The minimum Gasteiger partial charge on any atom is -0.459 e. The van der Waals surface area contributed by atoms with Gasteiger partial charge in [-0.25, -0.2) is 0 Å². The number of anilines is 1. The van der Waals surface area contributed by atoms with E-state index in [0.29, 0.717) is 17.1 Å². The number of hydrogen-bond donors (Lipinski definition) is 3. The number of aliphatic hydroxyl groups excluding tert-OH is 1. The summed E-state index contributed by atoms with van der Waals surface area (Å²) in [5, 5.41) is 15.0. The SMILES string of the molecule is O=C(NC(=S)Nc1cccc(-c2ccc(CO)o2)c1)c1ccccc1I. The van der Waals surface area contributed by atoms with E-state index in [1.807, 2.05) is 36.4 Å². The molecule has 26 heavy (non-hydrogen) atoms. The van der Waals surface area contributed by atoms with Crippen LogP contribution in [0.3, 0.4) is 0 Å². The molecule has 5 nitrogen and oxygen atoms in total. The van der Waals surface area contributed by atoms with Crippen molar-refractivity contribution in [3.05, 3.63) is 75.6 Å². The molecule has 0 aliphatic heterocycles. The molecule has 3 N–H and O–H groups in total. The molecule has 0 radical (unpaired) electrons. The molecular formula is C19H15IN2O3S. The van der Waals surface area contributed by atoms with Crippen LogP contribution in [-0.2, 0) is 6.61 Å². The van der Waals surface area contributed by atoms with Gasteiger partial charge < -0.3 is 14.8 Å². The minimum absolute atomic E-state index is 0.146. The normalized spacial score (nSPS) is 10.4. The van der Waals surface area contributed by atoms with Crippen LogP contribution in [0.1, 0.15) is 16.1 Å². The van der Waals surface area contributed by atoms with Gasteiger partial charge in [0.2, 0.25) is 0 Å². The highest BCUT2D eigenvalue weighted by Gasteiger charge is 2.11. The van der Waals surface area contributed by atoms with Crippen LogP contribution in [0.25, 0.3) is 11.3 Å². The van der Waals surface area contributed by atoms with Gasteiger partial charge in [0.15, 0.2) is 5.11 Å². The molecule has 0 saturated carbocycles. The summed E-state index contributed by atoms with van der Waals surface area (Å²) in [5.74, 6) is 0.882. The van der Waals surface area contributed by atoms with E-state index in [9.17, 15) is 4.79 Å². The molecule has 1 amide bonds. The minimum atomic E-state index is -0.262.